The Morgan fingerprint density at radius 2 is 1.88 bits per heavy atom. The van der Waals surface area contributed by atoms with Crippen LogP contribution in [0.25, 0.3) is 44.7 Å². The first-order valence-electron chi connectivity index (χ1n) is 10.5. The van der Waals surface area contributed by atoms with Gasteiger partial charge in [0.15, 0.2) is 0 Å². The van der Waals surface area contributed by atoms with Crippen LogP contribution in [0.1, 0.15) is 5.69 Å². The zero-order valence-electron chi connectivity index (χ0n) is 18.3. The molecule has 1 aromatic carbocycles. The topological polar surface area (TPSA) is 86.3 Å². The van der Waals surface area contributed by atoms with E-state index < -0.39 is 0 Å². The minimum atomic E-state index is 0.769. The number of fused-ring (bicyclic) bond motifs is 1. The highest BCUT2D eigenvalue weighted by atomic mass is 15.4. The second kappa shape index (κ2) is 8.32. The van der Waals surface area contributed by atoms with E-state index in [1.165, 1.54) is 0 Å². The molecule has 8 heteroatoms. The quantitative estimate of drug-likeness (QED) is 0.449. The number of aryl methyl sites for hydroxylation is 2. The monoisotopic (exact) mass is 424 g/mol. The van der Waals surface area contributed by atoms with Gasteiger partial charge >= 0.3 is 0 Å². The van der Waals surface area contributed by atoms with Gasteiger partial charge in [-0.1, -0.05) is 17.3 Å². The molecule has 5 aromatic rings. The number of aromatic nitrogens is 7. The molecule has 4 aromatic heterocycles. The van der Waals surface area contributed by atoms with E-state index in [1.807, 2.05) is 62.4 Å². The zero-order valence-corrected chi connectivity index (χ0v) is 18.3. The van der Waals surface area contributed by atoms with Crippen LogP contribution in [0.5, 0.6) is 0 Å². The Bertz CT molecular complexity index is 1400. The van der Waals surface area contributed by atoms with Crippen LogP contribution < -0.4 is 5.32 Å². The molecule has 0 bridgehead atoms. The van der Waals surface area contributed by atoms with Crippen LogP contribution in [0.2, 0.25) is 0 Å². The van der Waals surface area contributed by atoms with Gasteiger partial charge in [0.1, 0.15) is 5.69 Å². The normalized spacial score (nSPS) is 11.3. The molecule has 0 amide bonds. The van der Waals surface area contributed by atoms with Gasteiger partial charge in [0.05, 0.1) is 29.6 Å². The lowest BCUT2D eigenvalue weighted by Crippen LogP contribution is -2.14. The van der Waals surface area contributed by atoms with E-state index in [1.54, 1.807) is 4.68 Å². The first kappa shape index (κ1) is 20.0. The molecule has 0 saturated carbocycles. The van der Waals surface area contributed by atoms with E-state index in [0.29, 0.717) is 0 Å². The summed E-state index contributed by atoms with van der Waals surface area (Å²) >= 11 is 0. The van der Waals surface area contributed by atoms with Crippen molar-refractivity contribution in [1.82, 2.24) is 40.1 Å². The van der Waals surface area contributed by atoms with Crippen LogP contribution in [0.15, 0.2) is 61.1 Å². The third kappa shape index (κ3) is 3.76. The molecule has 1 N–H and O–H groups in total. The maximum atomic E-state index is 4.67. The average molecular weight is 425 g/mol. The van der Waals surface area contributed by atoms with E-state index in [4.69, 9.17) is 0 Å². The lowest BCUT2D eigenvalue weighted by molar-refractivity contribution is 0.585. The smallest absolute Gasteiger partial charge is 0.139 e. The number of rotatable bonds is 6. The van der Waals surface area contributed by atoms with Crippen molar-refractivity contribution >= 4 is 10.9 Å². The highest BCUT2D eigenvalue weighted by molar-refractivity contribution is 5.89. The first-order chi connectivity index (χ1) is 15.6. The van der Waals surface area contributed by atoms with Crippen LogP contribution in [0, 0.1) is 6.92 Å². The third-order valence-electron chi connectivity index (χ3n) is 5.47. The number of hydrogen-bond donors (Lipinski definition) is 1. The number of hydrogen-bond acceptors (Lipinski definition) is 6. The molecule has 160 valence electrons. The van der Waals surface area contributed by atoms with Crippen molar-refractivity contribution in [2.75, 3.05) is 13.6 Å². The molecule has 0 aliphatic carbocycles. The first-order valence-corrected chi connectivity index (χ1v) is 10.5. The van der Waals surface area contributed by atoms with Gasteiger partial charge in [-0.3, -0.25) is 14.6 Å². The summed E-state index contributed by atoms with van der Waals surface area (Å²) < 4.78 is 3.73. The molecule has 0 aliphatic rings. The van der Waals surface area contributed by atoms with Gasteiger partial charge < -0.3 is 5.32 Å². The van der Waals surface area contributed by atoms with Gasteiger partial charge in [-0.05, 0) is 44.3 Å². The van der Waals surface area contributed by atoms with Crippen molar-refractivity contribution in [2.24, 2.45) is 7.05 Å². The summed E-state index contributed by atoms with van der Waals surface area (Å²) in [7, 11) is 3.84. The number of benzene rings is 1. The number of nitrogens with one attached hydrogen (secondary N) is 1. The fourth-order valence-corrected chi connectivity index (χ4v) is 3.83. The molecule has 5 rings (SSSR count). The standard InChI is InChI=1S/C24H24N8/c1-16-5-4-6-22(28-16)23-24(31(3)30-29-23)17-7-8-21-18(11-17)12-19(13-26-21)20-14-27-32(15-20)10-9-25-2/h4-8,11-15,25H,9-10H2,1-3H3. The van der Waals surface area contributed by atoms with Gasteiger partial charge in [-0.25, -0.2) is 4.68 Å². The molecule has 8 nitrogen and oxygen atoms in total. The Labute approximate surface area is 186 Å². The van der Waals surface area contributed by atoms with E-state index in [2.05, 4.69) is 55.1 Å². The molecule has 32 heavy (non-hydrogen) atoms. The minimum Gasteiger partial charge on any atom is -0.318 e. The average Bonchev–Trinajstić information content (AvgIpc) is 3.44. The lowest BCUT2D eigenvalue weighted by atomic mass is 10.0. The van der Waals surface area contributed by atoms with Gasteiger partial charge in [0.2, 0.25) is 0 Å². The molecule has 0 aliphatic heterocycles. The SMILES string of the molecule is CNCCn1cc(-c2cnc3ccc(-c4c(-c5cccc(C)n5)nnn4C)cc3c2)cn1. The summed E-state index contributed by atoms with van der Waals surface area (Å²) in [4.78, 5) is 9.31. The van der Waals surface area contributed by atoms with E-state index in [9.17, 15) is 0 Å². The summed E-state index contributed by atoms with van der Waals surface area (Å²) in [5.41, 5.74) is 7.50. The Morgan fingerprint density at radius 1 is 1.00 bits per heavy atom. The Balaban J connectivity index is 1.56. The molecule has 0 spiro atoms. The van der Waals surface area contributed by atoms with Crippen LogP contribution in [0.3, 0.4) is 0 Å². The zero-order chi connectivity index (χ0) is 22.1. The maximum absolute atomic E-state index is 4.67. The third-order valence-corrected chi connectivity index (χ3v) is 5.47. The van der Waals surface area contributed by atoms with Crippen molar-refractivity contribution in [3.05, 3.63) is 66.7 Å². The molecule has 0 saturated heterocycles. The van der Waals surface area contributed by atoms with Gasteiger partial charge in [-0.2, -0.15) is 5.10 Å². The summed E-state index contributed by atoms with van der Waals surface area (Å²) in [5, 5.41) is 17.3. The van der Waals surface area contributed by atoms with Crippen LogP contribution >= 0.6 is 0 Å². The molecule has 0 unspecified atom stereocenters. The number of pyridine rings is 2. The summed E-state index contributed by atoms with van der Waals surface area (Å²) in [6, 6.07) is 14.3. The van der Waals surface area contributed by atoms with Crippen molar-refractivity contribution < 1.29 is 0 Å². The van der Waals surface area contributed by atoms with Crippen molar-refractivity contribution in [1.29, 1.82) is 0 Å². The number of nitrogens with zero attached hydrogens (tertiary/aromatic N) is 7. The van der Waals surface area contributed by atoms with Crippen molar-refractivity contribution in [2.45, 2.75) is 13.5 Å². The molecular weight excluding hydrogens is 400 g/mol. The van der Waals surface area contributed by atoms with E-state index in [-0.39, 0.29) is 0 Å². The maximum Gasteiger partial charge on any atom is 0.139 e. The summed E-state index contributed by atoms with van der Waals surface area (Å²) in [6.07, 6.45) is 5.83. The second-order valence-electron chi connectivity index (χ2n) is 7.80. The highest BCUT2D eigenvalue weighted by Gasteiger charge is 2.17. The summed E-state index contributed by atoms with van der Waals surface area (Å²) in [6.45, 7) is 3.67. The van der Waals surface area contributed by atoms with Crippen LogP contribution in [-0.2, 0) is 13.6 Å². The fourth-order valence-electron chi connectivity index (χ4n) is 3.83. The van der Waals surface area contributed by atoms with E-state index in [0.717, 1.165) is 63.5 Å². The Kier molecular flexibility index (Phi) is 5.20. The van der Waals surface area contributed by atoms with Gasteiger partial charge in [-0.15, -0.1) is 5.10 Å². The van der Waals surface area contributed by atoms with Crippen molar-refractivity contribution in [3.63, 3.8) is 0 Å². The Morgan fingerprint density at radius 3 is 2.72 bits per heavy atom. The largest absolute Gasteiger partial charge is 0.318 e. The molecule has 0 fully saturated rings. The van der Waals surface area contributed by atoms with E-state index >= 15 is 0 Å². The molecule has 0 radical (unpaired) electrons. The molecule has 0 atom stereocenters. The van der Waals surface area contributed by atoms with Gasteiger partial charge in [0.25, 0.3) is 0 Å². The minimum absolute atomic E-state index is 0.769. The molecule has 4 heterocycles. The van der Waals surface area contributed by atoms with Crippen LogP contribution in [-0.4, -0.2) is 48.3 Å². The van der Waals surface area contributed by atoms with Gasteiger partial charge in [0, 0.05) is 53.8 Å². The molecular formula is C24H24N8. The number of likely N-dealkylation sites (N-methyl/N-ethyl adjacent to an activating group) is 1. The predicted molar refractivity (Wildman–Crippen MR) is 125 cm³/mol. The van der Waals surface area contributed by atoms with Crippen molar-refractivity contribution in [3.8, 4) is 33.8 Å². The summed E-state index contributed by atoms with van der Waals surface area (Å²) in [5.74, 6) is 0. The lowest BCUT2D eigenvalue weighted by Gasteiger charge is -2.08. The van der Waals surface area contributed by atoms with Crippen LogP contribution in [0.4, 0.5) is 0 Å². The predicted octanol–water partition coefficient (Wildman–Crippen LogP) is 3.48. The Hall–Kier alpha value is -3.91. The second-order valence-corrected chi connectivity index (χ2v) is 7.80. The fraction of sp³-hybridized carbons (Fsp3) is 0.208. The highest BCUT2D eigenvalue weighted by Crippen LogP contribution is 2.31.